The number of hydrogen-bond donors (Lipinski definition) is 1. The first kappa shape index (κ1) is 14.2. The van der Waals surface area contributed by atoms with Gasteiger partial charge in [-0.25, -0.2) is 8.78 Å². The second-order valence-corrected chi connectivity index (χ2v) is 5.70. The molecule has 1 aliphatic rings. The highest BCUT2D eigenvalue weighted by molar-refractivity contribution is 5.33. The van der Waals surface area contributed by atoms with Gasteiger partial charge in [-0.15, -0.1) is 0 Å². The van der Waals surface area contributed by atoms with Gasteiger partial charge in [0.2, 0.25) is 0 Å². The molecule has 0 heterocycles. The molecule has 2 aromatic rings. The molecule has 3 heteroatoms. The van der Waals surface area contributed by atoms with Gasteiger partial charge in [0.1, 0.15) is 11.6 Å². The molecule has 3 rings (SSSR count). The second kappa shape index (κ2) is 5.94. The molecule has 0 spiro atoms. The molecule has 2 aromatic carbocycles. The summed E-state index contributed by atoms with van der Waals surface area (Å²) in [6, 6.07) is 12.3. The molecule has 1 nitrogen and oxygen atoms in total. The number of rotatable bonds is 3. The van der Waals surface area contributed by atoms with Gasteiger partial charge >= 0.3 is 0 Å². The van der Waals surface area contributed by atoms with Crippen molar-refractivity contribution in [1.82, 2.24) is 5.32 Å². The Labute approximate surface area is 124 Å². The van der Waals surface area contributed by atoms with Crippen LogP contribution in [0, 0.1) is 17.6 Å². The van der Waals surface area contributed by atoms with Gasteiger partial charge < -0.3 is 5.32 Å². The fraction of sp³-hybridized carbons (Fsp3) is 0.333. The molecule has 0 radical (unpaired) electrons. The van der Waals surface area contributed by atoms with Crippen LogP contribution >= 0.6 is 0 Å². The van der Waals surface area contributed by atoms with Crippen LogP contribution in [0.25, 0.3) is 0 Å². The van der Waals surface area contributed by atoms with E-state index in [1.54, 1.807) is 0 Å². The largest absolute Gasteiger partial charge is 0.313 e. The van der Waals surface area contributed by atoms with Gasteiger partial charge in [-0.2, -0.15) is 0 Å². The van der Waals surface area contributed by atoms with Crippen LogP contribution in [0.5, 0.6) is 0 Å². The third-order valence-corrected chi connectivity index (χ3v) is 4.45. The SMILES string of the molecule is CNC1c2ccccc2CCC1Cc1cc(F)ccc1F. The van der Waals surface area contributed by atoms with E-state index in [4.69, 9.17) is 0 Å². The zero-order chi connectivity index (χ0) is 14.8. The maximum absolute atomic E-state index is 13.9. The van der Waals surface area contributed by atoms with Gasteiger partial charge in [0.05, 0.1) is 0 Å². The molecular formula is C18H19F2N. The Bertz CT molecular complexity index is 639. The van der Waals surface area contributed by atoms with Gasteiger partial charge in [-0.3, -0.25) is 0 Å². The quantitative estimate of drug-likeness (QED) is 0.898. The summed E-state index contributed by atoms with van der Waals surface area (Å²) in [4.78, 5) is 0. The smallest absolute Gasteiger partial charge is 0.126 e. The highest BCUT2D eigenvalue weighted by Crippen LogP contribution is 2.36. The molecule has 0 aliphatic heterocycles. The highest BCUT2D eigenvalue weighted by atomic mass is 19.1. The molecule has 1 aliphatic carbocycles. The maximum atomic E-state index is 13.9. The zero-order valence-corrected chi connectivity index (χ0v) is 12.1. The molecule has 1 N–H and O–H groups in total. The lowest BCUT2D eigenvalue weighted by atomic mass is 9.77. The zero-order valence-electron chi connectivity index (χ0n) is 12.1. The Kier molecular flexibility index (Phi) is 4.02. The summed E-state index contributed by atoms with van der Waals surface area (Å²) < 4.78 is 27.2. The first-order valence-corrected chi connectivity index (χ1v) is 7.38. The van der Waals surface area contributed by atoms with E-state index in [-0.39, 0.29) is 23.6 Å². The minimum absolute atomic E-state index is 0.192. The number of nitrogens with one attached hydrogen (secondary N) is 1. The Balaban J connectivity index is 1.88. The van der Waals surface area contributed by atoms with Crippen LogP contribution in [0.3, 0.4) is 0 Å². The van der Waals surface area contributed by atoms with Crippen LogP contribution in [0.2, 0.25) is 0 Å². The fourth-order valence-electron chi connectivity index (χ4n) is 3.42. The average Bonchev–Trinajstić information content (AvgIpc) is 2.50. The van der Waals surface area contributed by atoms with Crippen LogP contribution in [0.1, 0.15) is 29.2 Å². The van der Waals surface area contributed by atoms with E-state index in [0.29, 0.717) is 12.0 Å². The van der Waals surface area contributed by atoms with Crippen molar-refractivity contribution in [2.24, 2.45) is 5.92 Å². The van der Waals surface area contributed by atoms with E-state index < -0.39 is 0 Å². The normalized spacial score (nSPS) is 21.1. The molecule has 0 fully saturated rings. The summed E-state index contributed by atoms with van der Waals surface area (Å²) in [7, 11) is 1.93. The lowest BCUT2D eigenvalue weighted by molar-refractivity contribution is 0.331. The molecule has 21 heavy (non-hydrogen) atoms. The molecule has 110 valence electrons. The molecule has 2 unspecified atom stereocenters. The Morgan fingerprint density at radius 1 is 1.14 bits per heavy atom. The molecule has 0 saturated heterocycles. The van der Waals surface area contributed by atoms with Crippen LogP contribution in [0.15, 0.2) is 42.5 Å². The molecule has 0 saturated carbocycles. The minimum atomic E-state index is -0.372. The van der Waals surface area contributed by atoms with Crippen molar-refractivity contribution < 1.29 is 8.78 Å². The van der Waals surface area contributed by atoms with Gasteiger partial charge in [0, 0.05) is 6.04 Å². The Morgan fingerprint density at radius 2 is 1.95 bits per heavy atom. The predicted octanol–water partition coefficient (Wildman–Crippen LogP) is 4.03. The maximum Gasteiger partial charge on any atom is 0.126 e. The van der Waals surface area contributed by atoms with Crippen LogP contribution in [-0.2, 0) is 12.8 Å². The van der Waals surface area contributed by atoms with E-state index in [0.717, 1.165) is 12.8 Å². The number of halogens is 2. The first-order valence-electron chi connectivity index (χ1n) is 7.38. The van der Waals surface area contributed by atoms with E-state index in [1.807, 2.05) is 13.1 Å². The number of fused-ring (bicyclic) bond motifs is 1. The van der Waals surface area contributed by atoms with Gasteiger partial charge in [0.15, 0.2) is 0 Å². The van der Waals surface area contributed by atoms with Gasteiger partial charge in [-0.1, -0.05) is 24.3 Å². The number of hydrogen-bond acceptors (Lipinski definition) is 1. The minimum Gasteiger partial charge on any atom is -0.313 e. The Hall–Kier alpha value is -1.74. The van der Waals surface area contributed by atoms with Crippen molar-refractivity contribution in [2.45, 2.75) is 25.3 Å². The topological polar surface area (TPSA) is 12.0 Å². The van der Waals surface area contributed by atoms with Crippen molar-refractivity contribution in [1.29, 1.82) is 0 Å². The number of aryl methyl sites for hydroxylation is 1. The molecule has 0 aromatic heterocycles. The molecule has 2 atom stereocenters. The van der Waals surface area contributed by atoms with Crippen molar-refractivity contribution >= 4 is 0 Å². The van der Waals surface area contributed by atoms with E-state index in [9.17, 15) is 8.78 Å². The summed E-state index contributed by atoms with van der Waals surface area (Å²) >= 11 is 0. The van der Waals surface area contributed by atoms with E-state index in [1.165, 1.54) is 29.3 Å². The van der Waals surface area contributed by atoms with Crippen LogP contribution in [0.4, 0.5) is 8.78 Å². The van der Waals surface area contributed by atoms with Gasteiger partial charge in [0.25, 0.3) is 0 Å². The average molecular weight is 287 g/mol. The van der Waals surface area contributed by atoms with E-state index in [2.05, 4.69) is 23.5 Å². The highest BCUT2D eigenvalue weighted by Gasteiger charge is 2.28. The second-order valence-electron chi connectivity index (χ2n) is 5.70. The van der Waals surface area contributed by atoms with Crippen molar-refractivity contribution in [3.05, 3.63) is 70.8 Å². The predicted molar refractivity (Wildman–Crippen MR) is 80.1 cm³/mol. The molecule has 0 amide bonds. The lowest BCUT2D eigenvalue weighted by Gasteiger charge is -2.33. The summed E-state index contributed by atoms with van der Waals surface area (Å²) in [6.45, 7) is 0. The fourth-order valence-corrected chi connectivity index (χ4v) is 3.42. The lowest BCUT2D eigenvalue weighted by Crippen LogP contribution is -2.31. The van der Waals surface area contributed by atoms with Gasteiger partial charge in [-0.05, 0) is 67.1 Å². The van der Waals surface area contributed by atoms with Crippen molar-refractivity contribution in [3.63, 3.8) is 0 Å². The van der Waals surface area contributed by atoms with Crippen molar-refractivity contribution in [2.75, 3.05) is 7.05 Å². The summed E-state index contributed by atoms with van der Waals surface area (Å²) in [5, 5.41) is 3.35. The summed E-state index contributed by atoms with van der Waals surface area (Å²) in [5.74, 6) is -0.407. The third kappa shape index (κ3) is 2.84. The summed E-state index contributed by atoms with van der Waals surface area (Å²) in [5.41, 5.74) is 3.11. The monoisotopic (exact) mass is 287 g/mol. The third-order valence-electron chi connectivity index (χ3n) is 4.45. The first-order chi connectivity index (χ1) is 10.2. The number of benzene rings is 2. The van der Waals surface area contributed by atoms with Crippen LogP contribution < -0.4 is 5.32 Å². The summed E-state index contributed by atoms with van der Waals surface area (Å²) in [6.07, 6.45) is 2.54. The van der Waals surface area contributed by atoms with Crippen LogP contribution in [-0.4, -0.2) is 7.05 Å². The van der Waals surface area contributed by atoms with E-state index >= 15 is 0 Å². The van der Waals surface area contributed by atoms with Crippen molar-refractivity contribution in [3.8, 4) is 0 Å². The Morgan fingerprint density at radius 3 is 2.76 bits per heavy atom. The molecule has 0 bridgehead atoms. The standard InChI is InChI=1S/C18H19F2N/c1-21-18-13(7-6-12-4-2-3-5-16(12)18)10-14-11-15(19)8-9-17(14)20/h2-5,8-9,11,13,18,21H,6-7,10H2,1H3. The molecular weight excluding hydrogens is 268 g/mol.